The lowest BCUT2D eigenvalue weighted by molar-refractivity contribution is -0.138. The second-order valence-corrected chi connectivity index (χ2v) is 2.59. The summed E-state index contributed by atoms with van der Waals surface area (Å²) in [6, 6.07) is -1.06. The number of rotatable bonds is 4. The van der Waals surface area contributed by atoms with Gasteiger partial charge in [0.05, 0.1) is 0 Å². The second-order valence-electron chi connectivity index (χ2n) is 2.59. The predicted octanol–water partition coefficient (Wildman–Crippen LogP) is -1.16. The van der Waals surface area contributed by atoms with Crippen LogP contribution in [0.4, 0.5) is 0 Å². The van der Waals surface area contributed by atoms with Crippen molar-refractivity contribution in [3.63, 3.8) is 0 Å². The third-order valence-electron chi connectivity index (χ3n) is 1.32. The molecule has 0 heterocycles. The number of aliphatic carboxylic acids is 1. The number of hydrogen-bond acceptors (Lipinski definition) is 4. The first kappa shape index (κ1) is 11.6. The topological polar surface area (TPSA) is 109 Å². The van der Waals surface area contributed by atoms with Crippen molar-refractivity contribution >= 4 is 17.8 Å². The largest absolute Gasteiger partial charge is 0.480 e. The van der Waals surface area contributed by atoms with Gasteiger partial charge >= 0.3 is 5.97 Å². The van der Waals surface area contributed by atoms with Crippen LogP contribution in [-0.2, 0) is 14.4 Å². The van der Waals surface area contributed by atoms with Crippen LogP contribution in [0.3, 0.4) is 0 Å². The fourth-order valence-corrected chi connectivity index (χ4v) is 0.669. The second kappa shape index (κ2) is 5.26. The number of nitrogens with two attached hydrogens (primary N) is 1. The van der Waals surface area contributed by atoms with E-state index in [2.05, 4.69) is 0 Å². The van der Waals surface area contributed by atoms with Crippen molar-refractivity contribution in [2.24, 2.45) is 5.73 Å². The van der Waals surface area contributed by atoms with E-state index in [9.17, 15) is 14.4 Å². The summed E-state index contributed by atoms with van der Waals surface area (Å²) in [4.78, 5) is 31.4. The molecule has 0 bridgehead atoms. The highest BCUT2D eigenvalue weighted by Gasteiger charge is 2.13. The van der Waals surface area contributed by atoms with Crippen molar-refractivity contribution < 1.29 is 19.5 Å². The van der Waals surface area contributed by atoms with Crippen LogP contribution in [-0.4, -0.2) is 28.9 Å². The first-order valence-corrected chi connectivity index (χ1v) is 3.72. The molecule has 2 amide bonds. The molecule has 1 atom stereocenters. The Labute approximate surface area is 75.1 Å². The summed E-state index contributed by atoms with van der Waals surface area (Å²) < 4.78 is 0. The van der Waals surface area contributed by atoms with Gasteiger partial charge in [-0.25, -0.2) is 0 Å². The van der Waals surface area contributed by atoms with Gasteiger partial charge in [-0.2, -0.15) is 0 Å². The highest BCUT2D eigenvalue weighted by atomic mass is 16.4. The van der Waals surface area contributed by atoms with E-state index in [1.807, 2.05) is 5.32 Å². The quantitative estimate of drug-likeness (QED) is 0.515. The van der Waals surface area contributed by atoms with Crippen LogP contribution >= 0.6 is 0 Å². The van der Waals surface area contributed by atoms with Crippen LogP contribution in [0, 0.1) is 0 Å². The molecule has 74 valence electrons. The van der Waals surface area contributed by atoms with Gasteiger partial charge in [-0.05, 0) is 6.42 Å². The molecule has 4 N–H and O–H groups in total. The molecule has 0 saturated carbocycles. The number of carbonyl (C=O) groups is 3. The van der Waals surface area contributed by atoms with E-state index < -0.39 is 23.8 Å². The van der Waals surface area contributed by atoms with Crippen molar-refractivity contribution in [1.29, 1.82) is 0 Å². The van der Waals surface area contributed by atoms with Gasteiger partial charge in [-0.3, -0.25) is 19.7 Å². The van der Waals surface area contributed by atoms with Crippen LogP contribution in [0.2, 0.25) is 0 Å². The first-order chi connectivity index (χ1) is 5.93. The third-order valence-corrected chi connectivity index (χ3v) is 1.32. The van der Waals surface area contributed by atoms with Crippen LogP contribution in [0.5, 0.6) is 0 Å². The molecule has 0 saturated heterocycles. The normalized spacial score (nSPS) is 11.8. The van der Waals surface area contributed by atoms with Crippen molar-refractivity contribution in [1.82, 2.24) is 5.32 Å². The lowest BCUT2D eigenvalue weighted by Gasteiger charge is -2.04. The van der Waals surface area contributed by atoms with E-state index in [1.165, 1.54) is 6.92 Å². The van der Waals surface area contributed by atoms with E-state index in [0.717, 1.165) is 0 Å². The molecular weight excluding hydrogens is 176 g/mol. The van der Waals surface area contributed by atoms with E-state index in [-0.39, 0.29) is 12.8 Å². The summed E-state index contributed by atoms with van der Waals surface area (Å²) in [5.41, 5.74) is 5.13. The number of carbonyl (C=O) groups excluding carboxylic acids is 2. The Balaban J connectivity index is 3.70. The van der Waals surface area contributed by atoms with Gasteiger partial charge in [-0.15, -0.1) is 0 Å². The van der Waals surface area contributed by atoms with Gasteiger partial charge in [0.15, 0.2) is 0 Å². The van der Waals surface area contributed by atoms with Crippen LogP contribution < -0.4 is 11.1 Å². The van der Waals surface area contributed by atoms with Gasteiger partial charge in [0, 0.05) is 13.3 Å². The minimum absolute atomic E-state index is 0.0223. The number of hydrogen-bond donors (Lipinski definition) is 3. The molecule has 0 fully saturated rings. The maximum atomic E-state index is 10.8. The molecule has 6 nitrogen and oxygen atoms in total. The summed E-state index contributed by atoms with van der Waals surface area (Å²) in [5.74, 6) is -2.13. The fraction of sp³-hybridized carbons (Fsp3) is 0.571. The number of nitrogens with one attached hydrogen (secondary N) is 1. The summed E-state index contributed by atoms with van der Waals surface area (Å²) in [6.45, 7) is 1.20. The maximum Gasteiger partial charge on any atom is 0.320 e. The lowest BCUT2D eigenvalue weighted by Crippen LogP contribution is -2.33. The zero-order valence-corrected chi connectivity index (χ0v) is 7.24. The van der Waals surface area contributed by atoms with E-state index in [0.29, 0.717) is 0 Å². The molecule has 13 heavy (non-hydrogen) atoms. The van der Waals surface area contributed by atoms with Crippen molar-refractivity contribution in [2.75, 3.05) is 0 Å². The zero-order valence-electron chi connectivity index (χ0n) is 7.24. The van der Waals surface area contributed by atoms with Gasteiger partial charge < -0.3 is 10.8 Å². The summed E-state index contributed by atoms with van der Waals surface area (Å²) in [7, 11) is 0. The predicted molar refractivity (Wildman–Crippen MR) is 43.7 cm³/mol. The number of carboxylic acid groups (broad SMARTS) is 1. The Morgan fingerprint density at radius 3 is 2.38 bits per heavy atom. The Bertz CT molecular complexity index is 227. The van der Waals surface area contributed by atoms with Gasteiger partial charge in [0.2, 0.25) is 11.8 Å². The molecule has 0 radical (unpaired) electrons. The maximum absolute atomic E-state index is 10.8. The molecule has 0 aliphatic rings. The molecule has 6 heteroatoms. The average Bonchev–Trinajstić information content (AvgIpc) is 1.98. The van der Waals surface area contributed by atoms with E-state index in [1.54, 1.807) is 0 Å². The summed E-state index contributed by atoms with van der Waals surface area (Å²) in [5, 5.41) is 10.4. The zero-order chi connectivity index (χ0) is 10.4. The molecule has 0 aliphatic heterocycles. The lowest BCUT2D eigenvalue weighted by atomic mass is 10.1. The van der Waals surface area contributed by atoms with Crippen molar-refractivity contribution in [2.45, 2.75) is 25.8 Å². The highest BCUT2D eigenvalue weighted by Crippen LogP contribution is 1.94. The van der Waals surface area contributed by atoms with Gasteiger partial charge in [0.1, 0.15) is 6.04 Å². The monoisotopic (exact) mass is 188 g/mol. The standard InChI is InChI=1S/C7H12N2O4/c1-4(10)9-6(11)3-2-5(8)7(12)13/h5H,2-3,8H2,1H3,(H,12,13)(H,9,10,11)/t5-/m1/s1. The number of amides is 2. The Hall–Kier alpha value is -1.43. The van der Waals surface area contributed by atoms with Gasteiger partial charge in [0.25, 0.3) is 0 Å². The molecule has 0 aliphatic carbocycles. The molecule has 0 unspecified atom stereocenters. The summed E-state index contributed by atoms with van der Waals surface area (Å²) >= 11 is 0. The minimum atomic E-state index is -1.16. The van der Waals surface area contributed by atoms with E-state index >= 15 is 0 Å². The Kier molecular flexibility index (Phi) is 4.68. The third kappa shape index (κ3) is 5.80. The fourth-order valence-electron chi connectivity index (χ4n) is 0.669. The molecule has 0 aromatic rings. The first-order valence-electron chi connectivity index (χ1n) is 3.72. The SMILES string of the molecule is CC(=O)NC(=O)CC[C@@H](N)C(=O)O. The Morgan fingerprint density at radius 2 is 2.00 bits per heavy atom. The van der Waals surface area contributed by atoms with Crippen molar-refractivity contribution in [3.8, 4) is 0 Å². The van der Waals surface area contributed by atoms with E-state index in [4.69, 9.17) is 10.8 Å². The summed E-state index contributed by atoms with van der Waals surface area (Å²) in [6.07, 6.45) is -0.0402. The minimum Gasteiger partial charge on any atom is -0.480 e. The number of imide groups is 1. The molecule has 0 spiro atoms. The molecule has 0 rings (SSSR count). The Morgan fingerprint density at radius 1 is 1.46 bits per heavy atom. The van der Waals surface area contributed by atoms with Crippen molar-refractivity contribution in [3.05, 3.63) is 0 Å². The van der Waals surface area contributed by atoms with Crippen LogP contribution in [0.1, 0.15) is 19.8 Å². The molecular formula is C7H12N2O4. The van der Waals surface area contributed by atoms with Crippen LogP contribution in [0.25, 0.3) is 0 Å². The van der Waals surface area contributed by atoms with Crippen LogP contribution in [0.15, 0.2) is 0 Å². The molecule has 0 aromatic carbocycles. The average molecular weight is 188 g/mol. The van der Waals surface area contributed by atoms with Gasteiger partial charge in [-0.1, -0.05) is 0 Å². The highest BCUT2D eigenvalue weighted by molar-refractivity contribution is 5.94. The smallest absolute Gasteiger partial charge is 0.320 e. The molecule has 0 aromatic heterocycles. The number of carboxylic acids is 1.